The zero-order valence-corrected chi connectivity index (χ0v) is 13.5. The molecule has 0 aliphatic heterocycles. The van der Waals surface area contributed by atoms with Crippen LogP contribution in [0.4, 0.5) is 0 Å². The number of primary amides is 1. The number of amides is 1. The Morgan fingerprint density at radius 2 is 2.04 bits per heavy atom. The first-order valence-corrected chi connectivity index (χ1v) is 7.84. The van der Waals surface area contributed by atoms with E-state index in [2.05, 4.69) is 46.1 Å². The highest BCUT2D eigenvalue weighted by molar-refractivity contribution is 6.00. The van der Waals surface area contributed by atoms with Gasteiger partial charge < -0.3 is 10.7 Å². The summed E-state index contributed by atoms with van der Waals surface area (Å²) in [5.74, 6) is 0.211. The van der Waals surface area contributed by atoms with Crippen molar-refractivity contribution in [2.75, 3.05) is 0 Å². The molecule has 1 amide bonds. The van der Waals surface area contributed by atoms with Crippen molar-refractivity contribution < 1.29 is 4.79 Å². The van der Waals surface area contributed by atoms with E-state index < -0.39 is 5.91 Å². The predicted molar refractivity (Wildman–Crippen MR) is 93.8 cm³/mol. The molecule has 0 aliphatic carbocycles. The molecule has 0 aliphatic rings. The van der Waals surface area contributed by atoms with Gasteiger partial charge >= 0.3 is 0 Å². The number of benzene rings is 2. The number of rotatable bonds is 3. The van der Waals surface area contributed by atoms with Gasteiger partial charge in [-0.2, -0.15) is 5.10 Å². The number of nitrogens with zero attached hydrogens (tertiary/aromatic N) is 2. The van der Waals surface area contributed by atoms with Crippen LogP contribution < -0.4 is 5.73 Å². The van der Waals surface area contributed by atoms with Crippen molar-refractivity contribution in [3.63, 3.8) is 0 Å². The Hall–Kier alpha value is -3.15. The molecule has 0 radical (unpaired) electrons. The molecule has 6 heteroatoms. The molecule has 0 spiro atoms. The average Bonchev–Trinajstić information content (AvgIpc) is 3.16. The minimum absolute atomic E-state index is 0.449. The van der Waals surface area contributed by atoms with Gasteiger partial charge in [-0.15, -0.1) is 0 Å². The topological polar surface area (TPSA) is 100 Å². The van der Waals surface area contributed by atoms with Gasteiger partial charge in [0, 0.05) is 10.9 Å². The Kier molecular flexibility index (Phi) is 3.13. The Bertz CT molecular complexity index is 1090. The lowest BCUT2D eigenvalue weighted by atomic mass is 10.1. The van der Waals surface area contributed by atoms with Crippen molar-refractivity contribution >= 4 is 27.8 Å². The van der Waals surface area contributed by atoms with Crippen molar-refractivity contribution in [1.82, 2.24) is 20.2 Å². The Balaban J connectivity index is 1.92. The van der Waals surface area contributed by atoms with Gasteiger partial charge in [0.2, 0.25) is 5.91 Å². The van der Waals surface area contributed by atoms with Gasteiger partial charge in [-0.3, -0.25) is 9.89 Å². The maximum atomic E-state index is 11.4. The van der Waals surface area contributed by atoms with E-state index in [4.69, 9.17) is 5.73 Å². The number of hydrogen-bond donors (Lipinski definition) is 3. The van der Waals surface area contributed by atoms with E-state index in [-0.39, 0.29) is 0 Å². The SMILES string of the molecule is CCc1cc2nc(-c3n[nH]c4ccc(C(N)=O)cc34)[nH]c2cc1C. The third-order valence-electron chi connectivity index (χ3n) is 4.39. The Morgan fingerprint density at radius 3 is 2.79 bits per heavy atom. The van der Waals surface area contributed by atoms with Crippen molar-refractivity contribution in [2.24, 2.45) is 5.73 Å². The van der Waals surface area contributed by atoms with Gasteiger partial charge in [0.05, 0.1) is 16.6 Å². The molecule has 2 aromatic heterocycles. The molecule has 0 saturated carbocycles. The molecule has 4 N–H and O–H groups in total. The van der Waals surface area contributed by atoms with Gasteiger partial charge in [-0.1, -0.05) is 6.92 Å². The second kappa shape index (κ2) is 5.19. The highest BCUT2D eigenvalue weighted by atomic mass is 16.1. The predicted octanol–water partition coefficient (Wildman–Crippen LogP) is 3.08. The summed E-state index contributed by atoms with van der Waals surface area (Å²) in [5, 5.41) is 8.14. The number of hydrogen-bond acceptors (Lipinski definition) is 3. The normalized spacial score (nSPS) is 11.4. The first-order valence-electron chi connectivity index (χ1n) is 7.84. The minimum atomic E-state index is -0.461. The highest BCUT2D eigenvalue weighted by Gasteiger charge is 2.14. The lowest BCUT2D eigenvalue weighted by Crippen LogP contribution is -2.10. The van der Waals surface area contributed by atoms with E-state index in [1.165, 1.54) is 11.1 Å². The number of imidazole rings is 1. The van der Waals surface area contributed by atoms with Crippen molar-refractivity contribution in [3.05, 3.63) is 47.0 Å². The third-order valence-corrected chi connectivity index (χ3v) is 4.39. The maximum absolute atomic E-state index is 11.4. The number of nitrogens with one attached hydrogen (secondary N) is 2. The second-order valence-corrected chi connectivity index (χ2v) is 5.93. The van der Waals surface area contributed by atoms with Crippen molar-refractivity contribution in [2.45, 2.75) is 20.3 Å². The number of aromatic nitrogens is 4. The van der Waals surface area contributed by atoms with Crippen LogP contribution in [0.15, 0.2) is 30.3 Å². The molecule has 4 aromatic rings. The lowest BCUT2D eigenvalue weighted by Gasteiger charge is -2.01. The fourth-order valence-corrected chi connectivity index (χ4v) is 3.05. The summed E-state index contributed by atoms with van der Waals surface area (Å²) in [5.41, 5.74) is 11.7. The lowest BCUT2D eigenvalue weighted by molar-refractivity contribution is 0.100. The number of carbonyl (C=O) groups excluding carboxylic acids is 1. The van der Waals surface area contributed by atoms with Crippen LogP contribution in [0.5, 0.6) is 0 Å². The largest absolute Gasteiger partial charge is 0.366 e. The van der Waals surface area contributed by atoms with Crippen LogP contribution in [0.2, 0.25) is 0 Å². The number of nitrogens with two attached hydrogens (primary N) is 1. The van der Waals surface area contributed by atoms with Crippen LogP contribution in [0.1, 0.15) is 28.4 Å². The van der Waals surface area contributed by atoms with Crippen LogP contribution in [-0.2, 0) is 6.42 Å². The van der Waals surface area contributed by atoms with Crippen LogP contribution in [0.3, 0.4) is 0 Å². The zero-order valence-electron chi connectivity index (χ0n) is 13.5. The first kappa shape index (κ1) is 14.4. The minimum Gasteiger partial charge on any atom is -0.366 e. The molecule has 2 aromatic carbocycles. The van der Waals surface area contributed by atoms with E-state index >= 15 is 0 Å². The smallest absolute Gasteiger partial charge is 0.248 e. The van der Waals surface area contributed by atoms with Crippen molar-refractivity contribution in [1.29, 1.82) is 0 Å². The molecule has 0 atom stereocenters. The van der Waals surface area contributed by atoms with E-state index in [0.29, 0.717) is 17.1 Å². The van der Waals surface area contributed by atoms with E-state index in [1.54, 1.807) is 18.2 Å². The number of fused-ring (bicyclic) bond motifs is 2. The number of aromatic amines is 2. The van der Waals surface area contributed by atoms with E-state index in [1.807, 2.05) is 0 Å². The highest BCUT2D eigenvalue weighted by Crippen LogP contribution is 2.28. The summed E-state index contributed by atoms with van der Waals surface area (Å²) in [7, 11) is 0. The number of H-pyrrole nitrogens is 2. The van der Waals surface area contributed by atoms with Crippen LogP contribution >= 0.6 is 0 Å². The van der Waals surface area contributed by atoms with E-state index in [9.17, 15) is 4.79 Å². The van der Waals surface area contributed by atoms with Crippen LogP contribution in [0.25, 0.3) is 33.5 Å². The summed E-state index contributed by atoms with van der Waals surface area (Å²) in [6.07, 6.45) is 0.970. The molecule has 0 unspecified atom stereocenters. The Morgan fingerprint density at radius 1 is 1.21 bits per heavy atom. The molecular formula is C18H17N5O. The van der Waals surface area contributed by atoms with Gasteiger partial charge in [0.1, 0.15) is 5.69 Å². The summed E-state index contributed by atoms with van der Waals surface area (Å²) >= 11 is 0. The standard InChI is InChI=1S/C18H17N5O/c1-3-10-8-15-14(6-9(10)2)20-18(21-15)16-12-7-11(17(19)24)4-5-13(12)22-23-16/h4-8H,3H2,1-2H3,(H2,19,24)(H,20,21)(H,22,23). The van der Waals surface area contributed by atoms with Crippen LogP contribution in [-0.4, -0.2) is 26.1 Å². The molecule has 0 fully saturated rings. The van der Waals surface area contributed by atoms with Crippen molar-refractivity contribution in [3.8, 4) is 11.5 Å². The molecule has 2 heterocycles. The summed E-state index contributed by atoms with van der Waals surface area (Å²) in [4.78, 5) is 19.4. The van der Waals surface area contributed by atoms with Gasteiger partial charge in [-0.05, 0) is 54.8 Å². The quantitative estimate of drug-likeness (QED) is 0.541. The summed E-state index contributed by atoms with van der Waals surface area (Å²) < 4.78 is 0. The molecule has 6 nitrogen and oxygen atoms in total. The molecule has 24 heavy (non-hydrogen) atoms. The summed E-state index contributed by atoms with van der Waals surface area (Å²) in [6, 6.07) is 9.44. The first-order chi connectivity index (χ1) is 11.6. The third kappa shape index (κ3) is 2.15. The fraction of sp³-hybridized carbons (Fsp3) is 0.167. The zero-order chi connectivity index (χ0) is 16.8. The molecule has 120 valence electrons. The average molecular weight is 319 g/mol. The Labute approximate surface area is 138 Å². The number of aryl methyl sites for hydroxylation is 2. The number of carbonyl (C=O) groups is 1. The summed E-state index contributed by atoms with van der Waals surface area (Å²) in [6.45, 7) is 4.23. The van der Waals surface area contributed by atoms with E-state index in [0.717, 1.165) is 28.4 Å². The monoisotopic (exact) mass is 319 g/mol. The van der Waals surface area contributed by atoms with Gasteiger partial charge in [0.15, 0.2) is 5.82 Å². The second-order valence-electron chi connectivity index (χ2n) is 5.93. The molecular weight excluding hydrogens is 302 g/mol. The maximum Gasteiger partial charge on any atom is 0.248 e. The molecule has 0 saturated heterocycles. The van der Waals surface area contributed by atoms with Gasteiger partial charge in [0.25, 0.3) is 0 Å². The van der Waals surface area contributed by atoms with Crippen LogP contribution in [0, 0.1) is 6.92 Å². The van der Waals surface area contributed by atoms with Gasteiger partial charge in [-0.25, -0.2) is 4.98 Å². The molecule has 0 bridgehead atoms. The molecule has 4 rings (SSSR count). The fourth-order valence-electron chi connectivity index (χ4n) is 3.05.